The van der Waals surface area contributed by atoms with E-state index in [2.05, 4.69) is 6.92 Å². The summed E-state index contributed by atoms with van der Waals surface area (Å²) in [6.07, 6.45) is 3.93. The molecule has 1 amide bonds. The molecule has 0 bridgehead atoms. The third kappa shape index (κ3) is 4.44. The number of hydrogen-bond donors (Lipinski definition) is 1. The Labute approximate surface area is 148 Å². The lowest BCUT2D eigenvalue weighted by Gasteiger charge is -2.37. The average Bonchev–Trinajstić information content (AvgIpc) is 2.60. The van der Waals surface area contributed by atoms with Crippen LogP contribution in [0.25, 0.3) is 0 Å². The molecule has 1 aliphatic rings. The van der Waals surface area contributed by atoms with Gasteiger partial charge in [0.2, 0.25) is 5.91 Å². The SMILES string of the molecule is CCCCCC(=O)N1CCc2cc(OC)c(OC)cc2C1CC(=O)O. The predicted molar refractivity (Wildman–Crippen MR) is 94.1 cm³/mol. The van der Waals surface area contributed by atoms with Crippen molar-refractivity contribution in [3.8, 4) is 11.5 Å². The summed E-state index contributed by atoms with van der Waals surface area (Å²) in [7, 11) is 3.12. The van der Waals surface area contributed by atoms with Crippen molar-refractivity contribution in [3.63, 3.8) is 0 Å². The van der Waals surface area contributed by atoms with Gasteiger partial charge in [0.1, 0.15) is 0 Å². The zero-order valence-electron chi connectivity index (χ0n) is 15.2. The number of carboxylic acid groups (broad SMARTS) is 1. The lowest BCUT2D eigenvalue weighted by atomic mass is 9.89. The average molecular weight is 349 g/mol. The molecule has 25 heavy (non-hydrogen) atoms. The molecule has 1 N–H and O–H groups in total. The Morgan fingerprint density at radius 3 is 2.48 bits per heavy atom. The summed E-state index contributed by atoms with van der Waals surface area (Å²) < 4.78 is 10.7. The quantitative estimate of drug-likeness (QED) is 0.730. The highest BCUT2D eigenvalue weighted by atomic mass is 16.5. The summed E-state index contributed by atoms with van der Waals surface area (Å²) in [4.78, 5) is 25.7. The van der Waals surface area contributed by atoms with Crippen LogP contribution in [0.2, 0.25) is 0 Å². The van der Waals surface area contributed by atoms with Crippen LogP contribution in [0.15, 0.2) is 12.1 Å². The van der Waals surface area contributed by atoms with E-state index < -0.39 is 12.0 Å². The Balaban J connectivity index is 2.33. The van der Waals surface area contributed by atoms with E-state index >= 15 is 0 Å². The van der Waals surface area contributed by atoms with E-state index in [9.17, 15) is 14.7 Å². The van der Waals surface area contributed by atoms with Crippen molar-refractivity contribution < 1.29 is 24.2 Å². The van der Waals surface area contributed by atoms with Crippen LogP contribution in [0.5, 0.6) is 11.5 Å². The van der Waals surface area contributed by atoms with Crippen LogP contribution in [0, 0.1) is 0 Å². The molecule has 6 nitrogen and oxygen atoms in total. The van der Waals surface area contributed by atoms with E-state index in [1.54, 1.807) is 19.1 Å². The lowest BCUT2D eigenvalue weighted by Crippen LogP contribution is -2.41. The number of aliphatic carboxylic acids is 1. The summed E-state index contributed by atoms with van der Waals surface area (Å²) >= 11 is 0. The molecule has 1 aliphatic heterocycles. The van der Waals surface area contributed by atoms with Crippen LogP contribution >= 0.6 is 0 Å². The van der Waals surface area contributed by atoms with Crippen LogP contribution in [0.1, 0.15) is 56.2 Å². The fourth-order valence-electron chi connectivity index (χ4n) is 3.38. The van der Waals surface area contributed by atoms with Crippen molar-refractivity contribution in [3.05, 3.63) is 23.3 Å². The summed E-state index contributed by atoms with van der Waals surface area (Å²) in [6.45, 7) is 2.62. The van der Waals surface area contributed by atoms with Gasteiger partial charge in [-0.05, 0) is 36.1 Å². The van der Waals surface area contributed by atoms with Crippen molar-refractivity contribution >= 4 is 11.9 Å². The van der Waals surface area contributed by atoms with E-state index in [0.717, 1.165) is 30.4 Å². The predicted octanol–water partition coefficient (Wildman–Crippen LogP) is 3.18. The maximum absolute atomic E-state index is 12.6. The number of benzene rings is 1. The number of amides is 1. The molecule has 1 heterocycles. The molecule has 0 aliphatic carbocycles. The van der Waals surface area contributed by atoms with Crippen molar-refractivity contribution in [1.82, 2.24) is 4.90 Å². The van der Waals surface area contributed by atoms with Crippen molar-refractivity contribution in [2.45, 2.75) is 51.5 Å². The second-order valence-corrected chi connectivity index (χ2v) is 6.31. The van der Waals surface area contributed by atoms with Crippen molar-refractivity contribution in [1.29, 1.82) is 0 Å². The Morgan fingerprint density at radius 2 is 1.88 bits per heavy atom. The molecule has 1 aromatic rings. The molecular formula is C19H27NO5. The van der Waals surface area contributed by atoms with Gasteiger partial charge in [0.05, 0.1) is 26.7 Å². The van der Waals surface area contributed by atoms with E-state index in [1.807, 2.05) is 12.1 Å². The molecule has 1 unspecified atom stereocenters. The van der Waals surface area contributed by atoms with Gasteiger partial charge in [0.25, 0.3) is 0 Å². The van der Waals surface area contributed by atoms with Gasteiger partial charge in [-0.15, -0.1) is 0 Å². The number of rotatable bonds is 8. The minimum atomic E-state index is -0.918. The first-order valence-corrected chi connectivity index (χ1v) is 8.77. The van der Waals surface area contributed by atoms with Crippen molar-refractivity contribution in [2.24, 2.45) is 0 Å². The third-order valence-corrected chi connectivity index (χ3v) is 4.69. The number of fused-ring (bicyclic) bond motifs is 1. The first-order chi connectivity index (χ1) is 12.0. The Hall–Kier alpha value is -2.24. The molecule has 1 atom stereocenters. The molecule has 0 aromatic heterocycles. The first kappa shape index (κ1) is 19.1. The van der Waals surface area contributed by atoms with Crippen LogP contribution in [-0.2, 0) is 16.0 Å². The summed E-state index contributed by atoms with van der Waals surface area (Å²) in [5.41, 5.74) is 1.86. The van der Waals surface area contributed by atoms with Gasteiger partial charge >= 0.3 is 5.97 Å². The number of carboxylic acids is 1. The van der Waals surface area contributed by atoms with Gasteiger partial charge in [0, 0.05) is 13.0 Å². The van der Waals surface area contributed by atoms with E-state index in [-0.39, 0.29) is 12.3 Å². The zero-order chi connectivity index (χ0) is 18.4. The number of unbranched alkanes of at least 4 members (excludes halogenated alkanes) is 2. The number of ether oxygens (including phenoxy) is 2. The summed E-state index contributed by atoms with van der Waals surface area (Å²) in [6, 6.07) is 3.24. The fraction of sp³-hybridized carbons (Fsp3) is 0.579. The zero-order valence-corrected chi connectivity index (χ0v) is 15.2. The number of methoxy groups -OCH3 is 2. The largest absolute Gasteiger partial charge is 0.493 e. The molecule has 138 valence electrons. The number of carbonyl (C=O) groups excluding carboxylic acids is 1. The minimum absolute atomic E-state index is 0.0279. The van der Waals surface area contributed by atoms with Gasteiger partial charge in [0.15, 0.2) is 11.5 Å². The molecule has 2 rings (SSSR count). The second kappa shape index (κ2) is 8.74. The summed E-state index contributed by atoms with van der Waals surface area (Å²) in [5.74, 6) is 0.286. The number of carbonyl (C=O) groups is 2. The standard InChI is InChI=1S/C19H27NO5/c1-4-5-6-7-18(21)20-9-8-13-10-16(24-2)17(25-3)11-14(13)15(20)12-19(22)23/h10-11,15H,4-9,12H2,1-3H3,(H,22,23). The molecule has 0 saturated heterocycles. The monoisotopic (exact) mass is 349 g/mol. The molecule has 0 radical (unpaired) electrons. The minimum Gasteiger partial charge on any atom is -0.493 e. The third-order valence-electron chi connectivity index (χ3n) is 4.69. The molecule has 1 aromatic carbocycles. The topological polar surface area (TPSA) is 76.1 Å². The smallest absolute Gasteiger partial charge is 0.305 e. The summed E-state index contributed by atoms with van der Waals surface area (Å²) in [5, 5.41) is 9.34. The molecule has 0 fully saturated rings. The maximum Gasteiger partial charge on any atom is 0.305 e. The lowest BCUT2D eigenvalue weighted by molar-refractivity contribution is -0.141. The van der Waals surface area contributed by atoms with Crippen LogP contribution in [0.4, 0.5) is 0 Å². The van der Waals surface area contributed by atoms with Gasteiger partial charge < -0.3 is 19.5 Å². The second-order valence-electron chi connectivity index (χ2n) is 6.31. The van der Waals surface area contributed by atoms with E-state index in [1.165, 1.54) is 0 Å². The number of nitrogens with zero attached hydrogens (tertiary/aromatic N) is 1. The highest BCUT2D eigenvalue weighted by Gasteiger charge is 2.33. The maximum atomic E-state index is 12.6. The fourth-order valence-corrected chi connectivity index (χ4v) is 3.38. The van der Waals surface area contributed by atoms with Crippen LogP contribution < -0.4 is 9.47 Å². The molecular weight excluding hydrogens is 322 g/mol. The Morgan fingerprint density at radius 1 is 1.20 bits per heavy atom. The van der Waals surface area contributed by atoms with Gasteiger partial charge in [-0.25, -0.2) is 0 Å². The first-order valence-electron chi connectivity index (χ1n) is 8.77. The van der Waals surface area contributed by atoms with Crippen LogP contribution in [0.3, 0.4) is 0 Å². The van der Waals surface area contributed by atoms with E-state index in [4.69, 9.17) is 9.47 Å². The normalized spacial score (nSPS) is 16.3. The highest BCUT2D eigenvalue weighted by Crippen LogP contribution is 2.39. The van der Waals surface area contributed by atoms with Gasteiger partial charge in [-0.2, -0.15) is 0 Å². The number of hydrogen-bond acceptors (Lipinski definition) is 4. The van der Waals surface area contributed by atoms with E-state index in [0.29, 0.717) is 30.9 Å². The van der Waals surface area contributed by atoms with Crippen molar-refractivity contribution in [2.75, 3.05) is 20.8 Å². The highest BCUT2D eigenvalue weighted by molar-refractivity contribution is 5.78. The van der Waals surface area contributed by atoms with Gasteiger partial charge in [-0.1, -0.05) is 19.8 Å². The van der Waals surface area contributed by atoms with Gasteiger partial charge in [-0.3, -0.25) is 9.59 Å². The Kier molecular flexibility index (Phi) is 6.67. The van der Waals surface area contributed by atoms with Crippen LogP contribution in [-0.4, -0.2) is 42.6 Å². The molecule has 6 heteroatoms. The molecule has 0 spiro atoms. The Bertz CT molecular complexity index is 628. The molecule has 0 saturated carbocycles.